The van der Waals surface area contributed by atoms with Crippen LogP contribution in [0.25, 0.3) is 27.5 Å². The third-order valence-electron chi connectivity index (χ3n) is 4.43. The fraction of sp³-hybridized carbons (Fsp3) is 0.143. The van der Waals surface area contributed by atoms with Crippen molar-refractivity contribution >= 4 is 22.6 Å². The first-order valence-electron chi connectivity index (χ1n) is 8.30. The van der Waals surface area contributed by atoms with Gasteiger partial charge < -0.3 is 0 Å². The molecular weight excluding hydrogens is 328 g/mol. The Labute approximate surface area is 150 Å². The molecule has 2 heterocycles. The Kier molecular flexibility index (Phi) is 3.98. The summed E-state index contributed by atoms with van der Waals surface area (Å²) in [6.45, 7) is 4.34. The molecule has 0 atom stereocenters. The molecule has 0 aliphatic rings. The van der Waals surface area contributed by atoms with Gasteiger partial charge in [-0.25, -0.2) is 4.98 Å². The van der Waals surface area contributed by atoms with Gasteiger partial charge in [-0.2, -0.15) is 0 Å². The number of benzene rings is 2. The number of hydrogen-bond donors (Lipinski definition) is 0. The Morgan fingerprint density at radius 3 is 2.36 bits per heavy atom. The lowest BCUT2D eigenvalue weighted by Crippen LogP contribution is -1.94. The fourth-order valence-electron chi connectivity index (χ4n) is 3.04. The number of aldehydes is 1. The van der Waals surface area contributed by atoms with E-state index in [4.69, 9.17) is 4.98 Å². The highest BCUT2D eigenvalue weighted by atomic mass is 32.1. The lowest BCUT2D eigenvalue weighted by atomic mass is 10.0. The Morgan fingerprint density at radius 1 is 1.00 bits per heavy atom. The highest BCUT2D eigenvalue weighted by Gasteiger charge is 2.18. The van der Waals surface area contributed by atoms with Crippen LogP contribution in [0.3, 0.4) is 0 Å². The summed E-state index contributed by atoms with van der Waals surface area (Å²) in [5, 5.41) is 2.05. The zero-order valence-corrected chi connectivity index (χ0v) is 15.0. The van der Waals surface area contributed by atoms with Crippen molar-refractivity contribution in [2.45, 2.75) is 19.8 Å². The fourth-order valence-corrected chi connectivity index (χ4v) is 3.94. The molecule has 25 heavy (non-hydrogen) atoms. The van der Waals surface area contributed by atoms with Gasteiger partial charge in [0.2, 0.25) is 0 Å². The average Bonchev–Trinajstić information content (AvgIpc) is 3.21. The van der Waals surface area contributed by atoms with Crippen molar-refractivity contribution in [2.75, 3.05) is 0 Å². The molecular formula is C21H18N2OS. The van der Waals surface area contributed by atoms with Gasteiger partial charge in [-0.3, -0.25) is 9.20 Å². The van der Waals surface area contributed by atoms with Crippen molar-refractivity contribution in [2.24, 2.45) is 0 Å². The molecule has 4 heteroatoms. The summed E-state index contributed by atoms with van der Waals surface area (Å²) < 4.78 is 1.96. The van der Waals surface area contributed by atoms with E-state index in [1.54, 1.807) is 11.3 Å². The first kappa shape index (κ1) is 15.8. The second-order valence-corrected chi connectivity index (χ2v) is 7.18. The van der Waals surface area contributed by atoms with Crippen molar-refractivity contribution in [3.8, 4) is 22.5 Å². The zero-order chi connectivity index (χ0) is 17.4. The minimum Gasteiger partial charge on any atom is -0.296 e. The van der Waals surface area contributed by atoms with Crippen LogP contribution in [0.2, 0.25) is 0 Å². The van der Waals surface area contributed by atoms with Crippen LogP contribution in [-0.4, -0.2) is 15.7 Å². The smallest absolute Gasteiger partial charge is 0.195 e. The number of carbonyl (C=O) groups is 1. The van der Waals surface area contributed by atoms with Gasteiger partial charge in [-0.15, -0.1) is 11.3 Å². The number of hydrogen-bond acceptors (Lipinski definition) is 3. The second kappa shape index (κ2) is 6.30. The summed E-state index contributed by atoms with van der Waals surface area (Å²) >= 11 is 1.55. The predicted molar refractivity (Wildman–Crippen MR) is 103 cm³/mol. The van der Waals surface area contributed by atoms with Crippen LogP contribution >= 0.6 is 11.3 Å². The molecule has 0 bridgehead atoms. The SMILES string of the molecule is CC(C)c1ccc(-c2nc3scc(-c4ccccc4)n3c2C=O)cc1. The lowest BCUT2D eigenvalue weighted by molar-refractivity contribution is 0.111. The molecule has 124 valence electrons. The van der Waals surface area contributed by atoms with Crippen molar-refractivity contribution in [1.29, 1.82) is 0 Å². The Hall–Kier alpha value is -2.72. The van der Waals surface area contributed by atoms with E-state index in [1.807, 2.05) is 34.7 Å². The topological polar surface area (TPSA) is 34.4 Å². The molecule has 0 saturated heterocycles. The minimum absolute atomic E-state index is 0.481. The monoisotopic (exact) mass is 346 g/mol. The largest absolute Gasteiger partial charge is 0.296 e. The van der Waals surface area contributed by atoms with E-state index in [0.29, 0.717) is 11.6 Å². The molecule has 2 aromatic heterocycles. The minimum atomic E-state index is 0.481. The van der Waals surface area contributed by atoms with Crippen LogP contribution in [0.5, 0.6) is 0 Å². The number of aromatic nitrogens is 2. The van der Waals surface area contributed by atoms with E-state index < -0.39 is 0 Å². The van der Waals surface area contributed by atoms with Crippen LogP contribution in [0.4, 0.5) is 0 Å². The number of fused-ring (bicyclic) bond motifs is 1. The van der Waals surface area contributed by atoms with Gasteiger partial charge >= 0.3 is 0 Å². The molecule has 0 aliphatic carbocycles. The van der Waals surface area contributed by atoms with Gasteiger partial charge in [0.05, 0.1) is 5.69 Å². The maximum atomic E-state index is 11.9. The lowest BCUT2D eigenvalue weighted by Gasteiger charge is -2.06. The molecule has 0 saturated carbocycles. The van der Waals surface area contributed by atoms with E-state index in [9.17, 15) is 4.79 Å². The molecule has 0 unspecified atom stereocenters. The third kappa shape index (κ3) is 2.68. The maximum Gasteiger partial charge on any atom is 0.195 e. The standard InChI is InChI=1S/C21H18N2OS/c1-14(2)15-8-10-17(11-9-15)20-18(12-24)23-19(13-25-21(23)22-20)16-6-4-3-5-7-16/h3-14H,1-2H3. The predicted octanol–water partition coefficient (Wildman–Crippen LogP) is 5.67. The van der Waals surface area contributed by atoms with E-state index >= 15 is 0 Å². The van der Waals surface area contributed by atoms with Gasteiger partial charge in [0.25, 0.3) is 0 Å². The average molecular weight is 346 g/mol. The van der Waals surface area contributed by atoms with Gasteiger partial charge in [-0.1, -0.05) is 68.4 Å². The molecule has 0 aliphatic heterocycles. The van der Waals surface area contributed by atoms with Gasteiger partial charge in [-0.05, 0) is 17.0 Å². The van der Waals surface area contributed by atoms with Crippen molar-refractivity contribution < 1.29 is 4.79 Å². The summed E-state index contributed by atoms with van der Waals surface area (Å²) in [5.74, 6) is 0.481. The second-order valence-electron chi connectivity index (χ2n) is 6.35. The molecule has 4 rings (SSSR count). The van der Waals surface area contributed by atoms with E-state index in [1.165, 1.54) is 5.56 Å². The van der Waals surface area contributed by atoms with Gasteiger partial charge in [0.1, 0.15) is 11.4 Å². The van der Waals surface area contributed by atoms with Gasteiger partial charge in [0.15, 0.2) is 11.2 Å². The number of nitrogens with zero attached hydrogens (tertiary/aromatic N) is 2. The van der Waals surface area contributed by atoms with Crippen molar-refractivity contribution in [3.05, 3.63) is 71.2 Å². The van der Waals surface area contributed by atoms with Crippen LogP contribution in [0, 0.1) is 0 Å². The van der Waals surface area contributed by atoms with E-state index in [0.717, 1.165) is 33.8 Å². The highest BCUT2D eigenvalue weighted by molar-refractivity contribution is 7.15. The van der Waals surface area contributed by atoms with Crippen LogP contribution in [0.1, 0.15) is 35.8 Å². The molecule has 0 fully saturated rings. The zero-order valence-electron chi connectivity index (χ0n) is 14.1. The summed E-state index contributed by atoms with van der Waals surface area (Å²) in [4.78, 5) is 17.4. The van der Waals surface area contributed by atoms with Crippen LogP contribution in [-0.2, 0) is 0 Å². The number of thiazole rings is 1. The molecule has 4 aromatic rings. The molecule has 3 nitrogen and oxygen atoms in total. The van der Waals surface area contributed by atoms with Crippen LogP contribution in [0.15, 0.2) is 60.0 Å². The summed E-state index contributed by atoms with van der Waals surface area (Å²) in [6, 6.07) is 18.4. The molecule has 2 aromatic carbocycles. The first-order chi connectivity index (χ1) is 12.2. The Balaban J connectivity index is 1.89. The van der Waals surface area contributed by atoms with Crippen molar-refractivity contribution in [3.63, 3.8) is 0 Å². The van der Waals surface area contributed by atoms with E-state index in [2.05, 4.69) is 43.5 Å². The molecule has 0 N–H and O–H groups in total. The summed E-state index contributed by atoms with van der Waals surface area (Å²) in [5.41, 5.74) is 5.68. The van der Waals surface area contributed by atoms with Gasteiger partial charge in [0, 0.05) is 10.9 Å². The summed E-state index contributed by atoms with van der Waals surface area (Å²) in [7, 11) is 0. The highest BCUT2D eigenvalue weighted by Crippen LogP contribution is 2.32. The first-order valence-corrected chi connectivity index (χ1v) is 9.18. The molecule has 0 spiro atoms. The molecule has 0 radical (unpaired) electrons. The Bertz CT molecular complexity index is 1030. The molecule has 0 amide bonds. The normalized spacial score (nSPS) is 11.3. The van der Waals surface area contributed by atoms with Crippen molar-refractivity contribution in [1.82, 2.24) is 9.38 Å². The maximum absolute atomic E-state index is 11.9. The number of imidazole rings is 1. The number of carbonyl (C=O) groups excluding carboxylic acids is 1. The van der Waals surface area contributed by atoms with Crippen LogP contribution < -0.4 is 0 Å². The van der Waals surface area contributed by atoms with E-state index in [-0.39, 0.29) is 0 Å². The summed E-state index contributed by atoms with van der Waals surface area (Å²) in [6.07, 6.45) is 0.908. The third-order valence-corrected chi connectivity index (χ3v) is 5.26. The number of rotatable bonds is 4. The quantitative estimate of drug-likeness (QED) is 0.446. The Morgan fingerprint density at radius 2 is 1.72 bits per heavy atom.